The number of thioether (sulfide) groups is 1. The fourth-order valence-electron chi connectivity index (χ4n) is 2.04. The number of amides is 1. The highest BCUT2D eigenvalue weighted by Gasteiger charge is 2.45. The molecule has 0 saturated carbocycles. The van der Waals surface area contributed by atoms with Gasteiger partial charge in [-0.25, -0.2) is 4.79 Å². The number of aliphatic carboxylic acids is 1. The van der Waals surface area contributed by atoms with E-state index in [0.29, 0.717) is 5.75 Å². The summed E-state index contributed by atoms with van der Waals surface area (Å²) in [7, 11) is 0. The molecule has 1 saturated heterocycles. The van der Waals surface area contributed by atoms with Gasteiger partial charge in [-0.3, -0.25) is 4.79 Å². The van der Waals surface area contributed by atoms with Crippen LogP contribution in [0.3, 0.4) is 0 Å². The molecule has 0 aromatic heterocycles. The Hall–Kier alpha value is -0.750. The minimum Gasteiger partial charge on any atom is -0.480 e. The van der Waals surface area contributed by atoms with Crippen LogP contribution in [-0.4, -0.2) is 45.1 Å². The summed E-state index contributed by atoms with van der Waals surface area (Å²) in [6.07, 6.45) is 0. The minimum absolute atomic E-state index is 0.109. The summed E-state index contributed by atoms with van der Waals surface area (Å²) in [6.45, 7) is 9.65. The lowest BCUT2D eigenvalue weighted by atomic mass is 9.86. The molecule has 0 aromatic rings. The summed E-state index contributed by atoms with van der Waals surface area (Å²) in [5, 5.41) is 9.16. The van der Waals surface area contributed by atoms with E-state index in [9.17, 15) is 14.7 Å². The first-order valence-corrected chi connectivity index (χ1v) is 7.54. The van der Waals surface area contributed by atoms with Gasteiger partial charge in [-0.15, -0.1) is 11.8 Å². The fraction of sp³-hybridized carbons (Fsp3) is 0.846. The van der Waals surface area contributed by atoms with Gasteiger partial charge in [0.15, 0.2) is 0 Å². The van der Waals surface area contributed by atoms with Crippen LogP contribution in [0.25, 0.3) is 0 Å². The average molecular weight is 288 g/mol. The van der Waals surface area contributed by atoms with Gasteiger partial charge in [0.1, 0.15) is 6.04 Å². The first-order chi connectivity index (χ1) is 8.57. The Morgan fingerprint density at radius 1 is 1.37 bits per heavy atom. The number of carboxylic acids is 1. The topological polar surface area (TPSA) is 83.6 Å². The van der Waals surface area contributed by atoms with Gasteiger partial charge in [-0.2, -0.15) is 0 Å². The molecule has 1 fully saturated rings. The SMILES string of the molecule is CC(C)C1SCC(C(=O)O)N1C(=O)C(N)C(C)(C)C. The zero-order valence-electron chi connectivity index (χ0n) is 12.2. The summed E-state index contributed by atoms with van der Waals surface area (Å²) < 4.78 is 0. The van der Waals surface area contributed by atoms with Gasteiger partial charge in [-0.1, -0.05) is 34.6 Å². The van der Waals surface area contributed by atoms with Gasteiger partial charge in [0.2, 0.25) is 5.91 Å². The third kappa shape index (κ3) is 3.42. The summed E-state index contributed by atoms with van der Waals surface area (Å²) in [4.78, 5) is 25.3. The third-order valence-corrected chi connectivity index (χ3v) is 4.96. The van der Waals surface area contributed by atoms with Crippen molar-refractivity contribution < 1.29 is 14.7 Å². The van der Waals surface area contributed by atoms with E-state index in [1.165, 1.54) is 16.7 Å². The number of hydrogen-bond acceptors (Lipinski definition) is 4. The van der Waals surface area contributed by atoms with Gasteiger partial charge in [0.25, 0.3) is 0 Å². The first-order valence-electron chi connectivity index (χ1n) is 6.49. The van der Waals surface area contributed by atoms with E-state index >= 15 is 0 Å². The largest absolute Gasteiger partial charge is 0.480 e. The van der Waals surface area contributed by atoms with E-state index in [2.05, 4.69) is 0 Å². The van der Waals surface area contributed by atoms with Crippen molar-refractivity contribution in [3.05, 3.63) is 0 Å². The smallest absolute Gasteiger partial charge is 0.327 e. The molecule has 1 rings (SSSR count). The Morgan fingerprint density at radius 2 is 1.89 bits per heavy atom. The van der Waals surface area contributed by atoms with Crippen molar-refractivity contribution in [2.75, 3.05) is 5.75 Å². The van der Waals surface area contributed by atoms with Gasteiger partial charge >= 0.3 is 5.97 Å². The van der Waals surface area contributed by atoms with E-state index in [0.717, 1.165) is 0 Å². The maximum atomic E-state index is 12.5. The van der Waals surface area contributed by atoms with Crippen LogP contribution in [0.15, 0.2) is 0 Å². The molecule has 3 unspecified atom stereocenters. The molecule has 0 aromatic carbocycles. The average Bonchev–Trinajstić information content (AvgIpc) is 2.70. The minimum atomic E-state index is -0.954. The monoisotopic (exact) mass is 288 g/mol. The van der Waals surface area contributed by atoms with Crippen LogP contribution in [0.2, 0.25) is 0 Å². The molecule has 0 aliphatic carbocycles. The highest BCUT2D eigenvalue weighted by molar-refractivity contribution is 8.00. The number of carbonyl (C=O) groups is 2. The third-order valence-electron chi connectivity index (χ3n) is 3.34. The molecule has 0 spiro atoms. The second-order valence-electron chi connectivity index (χ2n) is 6.41. The Bertz CT molecular complexity index is 365. The van der Waals surface area contributed by atoms with Crippen molar-refractivity contribution in [1.29, 1.82) is 0 Å². The van der Waals surface area contributed by atoms with Gasteiger partial charge < -0.3 is 15.7 Å². The molecule has 6 heteroatoms. The zero-order valence-corrected chi connectivity index (χ0v) is 13.0. The van der Waals surface area contributed by atoms with E-state index < -0.39 is 18.1 Å². The predicted octanol–water partition coefficient (Wildman–Crippen LogP) is 1.37. The van der Waals surface area contributed by atoms with Crippen molar-refractivity contribution >= 4 is 23.6 Å². The second-order valence-corrected chi connectivity index (χ2v) is 7.56. The lowest BCUT2D eigenvalue weighted by Crippen LogP contribution is -2.56. The summed E-state index contributed by atoms with van der Waals surface area (Å²) in [5.74, 6) is -0.583. The molecule has 110 valence electrons. The summed E-state index contributed by atoms with van der Waals surface area (Å²) >= 11 is 1.52. The molecular formula is C13H24N2O3S. The van der Waals surface area contributed by atoms with Crippen LogP contribution >= 0.6 is 11.8 Å². The lowest BCUT2D eigenvalue weighted by molar-refractivity contribution is -0.151. The molecule has 0 bridgehead atoms. The number of nitrogens with two attached hydrogens (primary N) is 1. The summed E-state index contributed by atoms with van der Waals surface area (Å²) in [5.41, 5.74) is 5.63. The van der Waals surface area contributed by atoms with Crippen molar-refractivity contribution in [2.24, 2.45) is 17.1 Å². The maximum absolute atomic E-state index is 12.5. The van der Waals surface area contributed by atoms with E-state index in [1.807, 2.05) is 34.6 Å². The van der Waals surface area contributed by atoms with Crippen LogP contribution in [0, 0.1) is 11.3 Å². The predicted molar refractivity (Wildman–Crippen MR) is 76.8 cm³/mol. The molecule has 3 atom stereocenters. The Kier molecular flexibility index (Phi) is 4.90. The molecule has 1 heterocycles. The summed E-state index contributed by atoms with van der Waals surface area (Å²) in [6, 6.07) is -1.45. The maximum Gasteiger partial charge on any atom is 0.327 e. The number of carbonyl (C=O) groups excluding carboxylic acids is 1. The molecule has 1 aliphatic heterocycles. The molecular weight excluding hydrogens is 264 g/mol. The Balaban J connectivity index is 3.02. The number of hydrogen-bond donors (Lipinski definition) is 2. The van der Waals surface area contributed by atoms with Gasteiger partial charge in [0.05, 0.1) is 11.4 Å². The van der Waals surface area contributed by atoms with Crippen molar-refractivity contribution in [2.45, 2.75) is 52.1 Å². The molecule has 1 aliphatic rings. The molecule has 3 N–H and O–H groups in total. The van der Waals surface area contributed by atoms with Gasteiger partial charge in [0, 0.05) is 5.75 Å². The van der Waals surface area contributed by atoms with E-state index in [1.54, 1.807) is 0 Å². The standard InChI is InChI=1S/C13H24N2O3S/c1-7(2)11-15(8(6-19-11)12(17)18)10(16)9(14)13(3,4)5/h7-9,11H,6,14H2,1-5H3,(H,17,18). The lowest BCUT2D eigenvalue weighted by Gasteiger charge is -2.35. The van der Waals surface area contributed by atoms with Crippen LogP contribution in [0.1, 0.15) is 34.6 Å². The molecule has 19 heavy (non-hydrogen) atoms. The second kappa shape index (κ2) is 5.71. The Labute approximate surface area is 118 Å². The van der Waals surface area contributed by atoms with Gasteiger partial charge in [-0.05, 0) is 11.3 Å². The quantitative estimate of drug-likeness (QED) is 0.819. The Morgan fingerprint density at radius 3 is 2.26 bits per heavy atom. The zero-order chi connectivity index (χ0) is 15.0. The highest BCUT2D eigenvalue weighted by atomic mass is 32.2. The van der Waals surface area contributed by atoms with E-state index in [4.69, 9.17) is 5.73 Å². The van der Waals surface area contributed by atoms with Crippen molar-refractivity contribution in [1.82, 2.24) is 4.90 Å². The van der Waals surface area contributed by atoms with Crippen molar-refractivity contribution in [3.8, 4) is 0 Å². The molecule has 5 nitrogen and oxygen atoms in total. The molecule has 1 amide bonds. The number of rotatable bonds is 3. The fourth-order valence-corrected chi connectivity index (χ4v) is 3.52. The first kappa shape index (κ1) is 16.3. The van der Waals surface area contributed by atoms with Crippen LogP contribution in [-0.2, 0) is 9.59 Å². The number of carboxylic acid groups (broad SMARTS) is 1. The van der Waals surface area contributed by atoms with Crippen LogP contribution < -0.4 is 5.73 Å². The van der Waals surface area contributed by atoms with Crippen LogP contribution in [0.5, 0.6) is 0 Å². The normalized spacial score (nSPS) is 25.7. The highest BCUT2D eigenvalue weighted by Crippen LogP contribution is 2.35. The molecule has 0 radical (unpaired) electrons. The van der Waals surface area contributed by atoms with Crippen molar-refractivity contribution in [3.63, 3.8) is 0 Å². The number of nitrogens with zero attached hydrogens (tertiary/aromatic N) is 1. The van der Waals surface area contributed by atoms with Crippen LogP contribution in [0.4, 0.5) is 0 Å². The van der Waals surface area contributed by atoms with E-state index in [-0.39, 0.29) is 22.6 Å².